The predicted octanol–water partition coefficient (Wildman–Crippen LogP) is 2.27. The molecule has 1 aliphatic carbocycles. The molecule has 1 amide bonds. The normalized spacial score (nSPS) is 30.7. The highest BCUT2D eigenvalue weighted by Gasteiger charge is 2.48. The largest absolute Gasteiger partial charge is 0.486 e. The minimum atomic E-state index is -0.802. The van der Waals surface area contributed by atoms with Crippen LogP contribution in [0.3, 0.4) is 0 Å². The fourth-order valence-corrected chi connectivity index (χ4v) is 4.12. The zero-order valence-electron chi connectivity index (χ0n) is 14.3. The standard InChI is InChI=1S/C19H23NO5/c1-11-13(19(22)23)3-2-6-20(11)18(21)15-10-14(15)12-4-5-16-17(9-12)25-8-7-24-16/h4-5,9,11,13-15H,2-3,6-8,10H2,1H3,(H,22,23)/t11-,13-,14?,15?/m1/s1. The third-order valence-corrected chi connectivity index (χ3v) is 5.69. The molecule has 4 atom stereocenters. The van der Waals surface area contributed by atoms with Crippen LogP contribution in [0.4, 0.5) is 0 Å². The van der Waals surface area contributed by atoms with Gasteiger partial charge in [-0.1, -0.05) is 6.07 Å². The second-order valence-electron chi connectivity index (χ2n) is 7.21. The monoisotopic (exact) mass is 345 g/mol. The molecule has 134 valence electrons. The van der Waals surface area contributed by atoms with Gasteiger partial charge in [-0.25, -0.2) is 0 Å². The van der Waals surface area contributed by atoms with Crippen LogP contribution in [-0.2, 0) is 9.59 Å². The van der Waals surface area contributed by atoms with Crippen molar-refractivity contribution in [2.24, 2.45) is 11.8 Å². The van der Waals surface area contributed by atoms with Gasteiger partial charge in [-0.3, -0.25) is 9.59 Å². The summed E-state index contributed by atoms with van der Waals surface area (Å²) in [5, 5.41) is 9.34. The SMILES string of the molecule is C[C@@H]1[C@H](C(=O)O)CCCN1C(=O)C1CC1c1ccc2c(c1)OCCO2. The zero-order chi connectivity index (χ0) is 17.6. The van der Waals surface area contributed by atoms with E-state index < -0.39 is 11.9 Å². The topological polar surface area (TPSA) is 76.1 Å². The average Bonchev–Trinajstić information content (AvgIpc) is 3.41. The summed E-state index contributed by atoms with van der Waals surface area (Å²) in [5.74, 6) is 0.497. The van der Waals surface area contributed by atoms with E-state index in [-0.39, 0.29) is 23.8 Å². The van der Waals surface area contributed by atoms with Gasteiger partial charge in [0.05, 0.1) is 5.92 Å². The molecular formula is C19H23NO5. The summed E-state index contributed by atoms with van der Waals surface area (Å²) in [6, 6.07) is 5.66. The number of nitrogens with zero attached hydrogens (tertiary/aromatic N) is 1. The number of carboxylic acids is 1. The van der Waals surface area contributed by atoms with Crippen LogP contribution >= 0.6 is 0 Å². The maximum atomic E-state index is 12.9. The molecule has 0 bridgehead atoms. The number of carboxylic acid groups (broad SMARTS) is 1. The summed E-state index contributed by atoms with van der Waals surface area (Å²) >= 11 is 0. The van der Waals surface area contributed by atoms with Crippen LogP contribution in [0.5, 0.6) is 11.5 Å². The van der Waals surface area contributed by atoms with Crippen LogP contribution in [0.25, 0.3) is 0 Å². The van der Waals surface area contributed by atoms with Crippen LogP contribution in [-0.4, -0.2) is 47.7 Å². The number of amides is 1. The van der Waals surface area contributed by atoms with E-state index in [1.807, 2.05) is 25.1 Å². The van der Waals surface area contributed by atoms with E-state index in [0.717, 1.165) is 29.9 Å². The number of aliphatic carboxylic acids is 1. The predicted molar refractivity (Wildman–Crippen MR) is 89.8 cm³/mol. The number of piperidine rings is 1. The lowest BCUT2D eigenvalue weighted by molar-refractivity contribution is -0.149. The van der Waals surface area contributed by atoms with Crippen molar-refractivity contribution in [2.45, 2.75) is 38.1 Å². The number of hydrogen-bond donors (Lipinski definition) is 1. The Morgan fingerprint density at radius 2 is 1.92 bits per heavy atom. The van der Waals surface area contributed by atoms with E-state index in [4.69, 9.17) is 9.47 Å². The molecule has 3 aliphatic rings. The minimum Gasteiger partial charge on any atom is -0.486 e. The smallest absolute Gasteiger partial charge is 0.308 e. The van der Waals surface area contributed by atoms with Gasteiger partial charge in [0.2, 0.25) is 5.91 Å². The molecule has 4 rings (SSSR count). The fourth-order valence-electron chi connectivity index (χ4n) is 4.12. The van der Waals surface area contributed by atoms with Crippen molar-refractivity contribution in [1.82, 2.24) is 4.90 Å². The van der Waals surface area contributed by atoms with Gasteiger partial charge in [0.15, 0.2) is 11.5 Å². The number of ether oxygens (including phenoxy) is 2. The lowest BCUT2D eigenvalue weighted by atomic mass is 9.90. The second kappa shape index (κ2) is 6.24. The molecule has 1 saturated heterocycles. The number of hydrogen-bond acceptors (Lipinski definition) is 4. The maximum absolute atomic E-state index is 12.9. The average molecular weight is 345 g/mol. The van der Waals surface area contributed by atoms with Crippen LogP contribution in [0, 0.1) is 11.8 Å². The van der Waals surface area contributed by atoms with Crippen LogP contribution < -0.4 is 9.47 Å². The van der Waals surface area contributed by atoms with Gasteiger partial charge in [0.25, 0.3) is 0 Å². The van der Waals surface area contributed by atoms with Gasteiger partial charge in [-0.15, -0.1) is 0 Å². The van der Waals surface area contributed by atoms with Crippen molar-refractivity contribution < 1.29 is 24.2 Å². The van der Waals surface area contributed by atoms with Crippen molar-refractivity contribution in [3.8, 4) is 11.5 Å². The highest BCUT2D eigenvalue weighted by Crippen LogP contribution is 2.50. The first-order valence-electron chi connectivity index (χ1n) is 8.99. The first-order valence-corrected chi connectivity index (χ1v) is 8.99. The summed E-state index contributed by atoms with van der Waals surface area (Å²) in [5.41, 5.74) is 1.10. The van der Waals surface area contributed by atoms with Crippen LogP contribution in [0.15, 0.2) is 18.2 Å². The molecule has 1 aromatic carbocycles. The molecule has 2 aliphatic heterocycles. The van der Waals surface area contributed by atoms with Gasteiger partial charge in [-0.2, -0.15) is 0 Å². The molecule has 6 nitrogen and oxygen atoms in total. The summed E-state index contributed by atoms with van der Waals surface area (Å²) in [4.78, 5) is 26.0. The minimum absolute atomic E-state index is 0.0439. The van der Waals surface area contributed by atoms with Crippen molar-refractivity contribution in [1.29, 1.82) is 0 Å². The van der Waals surface area contributed by atoms with Crippen LogP contribution in [0.1, 0.15) is 37.7 Å². The van der Waals surface area contributed by atoms with E-state index in [1.54, 1.807) is 4.90 Å². The Labute approximate surface area is 146 Å². The molecule has 0 radical (unpaired) electrons. The molecule has 1 N–H and O–H groups in total. The Bertz CT molecular complexity index is 703. The highest BCUT2D eigenvalue weighted by molar-refractivity contribution is 5.84. The Hall–Kier alpha value is -2.24. The van der Waals surface area contributed by atoms with E-state index in [1.165, 1.54) is 0 Å². The first kappa shape index (κ1) is 16.2. The lowest BCUT2D eigenvalue weighted by Gasteiger charge is -2.37. The Morgan fingerprint density at radius 3 is 2.68 bits per heavy atom. The van der Waals surface area contributed by atoms with Crippen molar-refractivity contribution in [3.05, 3.63) is 23.8 Å². The lowest BCUT2D eigenvalue weighted by Crippen LogP contribution is -2.49. The maximum Gasteiger partial charge on any atom is 0.308 e. The number of carbonyl (C=O) groups is 2. The summed E-state index contributed by atoms with van der Waals surface area (Å²) in [7, 11) is 0. The Balaban J connectivity index is 1.45. The van der Waals surface area contributed by atoms with Gasteiger partial charge in [-0.05, 0) is 49.8 Å². The van der Waals surface area contributed by atoms with Crippen molar-refractivity contribution >= 4 is 11.9 Å². The second-order valence-corrected chi connectivity index (χ2v) is 7.21. The molecular weight excluding hydrogens is 322 g/mol. The first-order chi connectivity index (χ1) is 12.1. The third kappa shape index (κ3) is 2.94. The number of carbonyl (C=O) groups excluding carboxylic acids is 1. The van der Waals surface area contributed by atoms with Gasteiger partial charge < -0.3 is 19.5 Å². The Morgan fingerprint density at radius 1 is 1.16 bits per heavy atom. The number of likely N-dealkylation sites (tertiary alicyclic amines) is 1. The third-order valence-electron chi connectivity index (χ3n) is 5.69. The molecule has 2 unspecified atom stereocenters. The molecule has 2 fully saturated rings. The van der Waals surface area contributed by atoms with Crippen LogP contribution in [0.2, 0.25) is 0 Å². The number of rotatable bonds is 3. The molecule has 0 aromatic heterocycles. The Kier molecular flexibility index (Phi) is 4.06. The summed E-state index contributed by atoms with van der Waals surface area (Å²) in [6.07, 6.45) is 2.23. The molecule has 0 spiro atoms. The molecule has 1 saturated carbocycles. The highest BCUT2D eigenvalue weighted by atomic mass is 16.6. The van der Waals surface area contributed by atoms with Crippen molar-refractivity contribution in [2.75, 3.05) is 19.8 Å². The molecule has 1 aromatic rings. The van der Waals surface area contributed by atoms with E-state index in [9.17, 15) is 14.7 Å². The zero-order valence-corrected chi connectivity index (χ0v) is 14.3. The molecule has 2 heterocycles. The van der Waals surface area contributed by atoms with Gasteiger partial charge >= 0.3 is 5.97 Å². The summed E-state index contributed by atoms with van der Waals surface area (Å²) in [6.45, 7) is 3.63. The number of fused-ring (bicyclic) bond motifs is 1. The van der Waals surface area contributed by atoms with Gasteiger partial charge in [0, 0.05) is 18.5 Å². The number of benzene rings is 1. The van der Waals surface area contributed by atoms with Crippen molar-refractivity contribution in [3.63, 3.8) is 0 Å². The quantitative estimate of drug-likeness (QED) is 0.909. The summed E-state index contributed by atoms with van der Waals surface area (Å²) < 4.78 is 11.2. The van der Waals surface area contributed by atoms with Gasteiger partial charge in [0.1, 0.15) is 13.2 Å². The van der Waals surface area contributed by atoms with E-state index in [0.29, 0.717) is 26.2 Å². The fraction of sp³-hybridized carbons (Fsp3) is 0.579. The van der Waals surface area contributed by atoms with E-state index in [2.05, 4.69) is 0 Å². The molecule has 6 heteroatoms. The van der Waals surface area contributed by atoms with E-state index >= 15 is 0 Å². The molecule has 25 heavy (non-hydrogen) atoms.